The van der Waals surface area contributed by atoms with E-state index in [1.807, 2.05) is 4.90 Å². The number of halogens is 4. The van der Waals surface area contributed by atoms with Crippen molar-refractivity contribution in [2.24, 2.45) is 4.99 Å². The van der Waals surface area contributed by atoms with Gasteiger partial charge in [0.25, 0.3) is 0 Å². The Morgan fingerprint density at radius 2 is 2.00 bits per heavy atom. The standard InChI is InChI=1S/C17H29F3N4O3.HI/c1-21-16(22-10-15(25)23(2)12-17(18,19)20)24-7-5-13(6-8-24)27-11-14-4-3-9-26-14;/h13-14H,3-12H2,1-2H3,(H,21,22);1H. The molecule has 2 fully saturated rings. The zero-order valence-electron chi connectivity index (χ0n) is 16.3. The lowest BCUT2D eigenvalue weighted by molar-refractivity contribution is -0.157. The molecule has 2 saturated heterocycles. The van der Waals surface area contributed by atoms with Crippen molar-refractivity contribution >= 4 is 35.8 Å². The summed E-state index contributed by atoms with van der Waals surface area (Å²) in [4.78, 5) is 18.6. The minimum absolute atomic E-state index is 0. The van der Waals surface area contributed by atoms with Gasteiger partial charge in [0.1, 0.15) is 6.54 Å². The van der Waals surface area contributed by atoms with Crippen LogP contribution in [0.15, 0.2) is 4.99 Å². The molecule has 11 heteroatoms. The van der Waals surface area contributed by atoms with Crippen LogP contribution in [0.3, 0.4) is 0 Å². The van der Waals surface area contributed by atoms with Crippen LogP contribution in [0.5, 0.6) is 0 Å². The number of piperidine rings is 1. The van der Waals surface area contributed by atoms with E-state index in [2.05, 4.69) is 10.3 Å². The second-order valence-electron chi connectivity index (χ2n) is 6.92. The van der Waals surface area contributed by atoms with Gasteiger partial charge in [-0.05, 0) is 25.7 Å². The van der Waals surface area contributed by atoms with Gasteiger partial charge in [0.15, 0.2) is 5.96 Å². The average Bonchev–Trinajstić information content (AvgIpc) is 3.13. The van der Waals surface area contributed by atoms with Crippen LogP contribution in [-0.2, 0) is 14.3 Å². The third-order valence-electron chi connectivity index (χ3n) is 4.74. The minimum atomic E-state index is -4.41. The van der Waals surface area contributed by atoms with Crippen molar-refractivity contribution in [1.82, 2.24) is 15.1 Å². The maximum Gasteiger partial charge on any atom is 0.406 e. The summed E-state index contributed by atoms with van der Waals surface area (Å²) in [5.74, 6) is -0.121. The molecule has 1 N–H and O–H groups in total. The van der Waals surface area contributed by atoms with Crippen molar-refractivity contribution in [1.29, 1.82) is 0 Å². The van der Waals surface area contributed by atoms with E-state index in [4.69, 9.17) is 9.47 Å². The Labute approximate surface area is 181 Å². The molecule has 0 bridgehead atoms. The second kappa shape index (κ2) is 12.0. The number of hydrogen-bond acceptors (Lipinski definition) is 4. The summed E-state index contributed by atoms with van der Waals surface area (Å²) in [6, 6.07) is 0. The van der Waals surface area contributed by atoms with E-state index in [1.54, 1.807) is 7.05 Å². The van der Waals surface area contributed by atoms with Gasteiger partial charge >= 0.3 is 6.18 Å². The monoisotopic (exact) mass is 522 g/mol. The normalized spacial score (nSPS) is 21.4. The molecule has 1 unspecified atom stereocenters. The molecule has 0 radical (unpaired) electrons. The first-order valence-electron chi connectivity index (χ1n) is 9.28. The quantitative estimate of drug-likeness (QED) is 0.328. The van der Waals surface area contributed by atoms with Crippen LogP contribution in [-0.4, -0.2) is 93.5 Å². The number of nitrogens with zero attached hydrogens (tertiary/aromatic N) is 3. The molecule has 0 aromatic rings. The van der Waals surface area contributed by atoms with Crippen molar-refractivity contribution in [3.8, 4) is 0 Å². The average molecular weight is 522 g/mol. The molecular weight excluding hydrogens is 492 g/mol. The first-order valence-corrected chi connectivity index (χ1v) is 9.28. The number of rotatable bonds is 6. The Hall–Kier alpha value is -0.820. The molecule has 2 heterocycles. The zero-order chi connectivity index (χ0) is 19.9. The van der Waals surface area contributed by atoms with Gasteiger partial charge in [-0.3, -0.25) is 9.79 Å². The molecule has 28 heavy (non-hydrogen) atoms. The van der Waals surface area contributed by atoms with Crippen LogP contribution in [0.4, 0.5) is 13.2 Å². The maximum atomic E-state index is 12.4. The number of likely N-dealkylation sites (tertiary alicyclic amines) is 1. The van der Waals surface area contributed by atoms with Crippen molar-refractivity contribution in [2.45, 2.75) is 44.1 Å². The van der Waals surface area contributed by atoms with E-state index in [-0.39, 0.29) is 42.7 Å². The van der Waals surface area contributed by atoms with Gasteiger partial charge in [0, 0.05) is 33.8 Å². The molecule has 0 aromatic heterocycles. The molecule has 2 aliphatic rings. The van der Waals surface area contributed by atoms with E-state index in [9.17, 15) is 18.0 Å². The van der Waals surface area contributed by atoms with Crippen molar-refractivity contribution < 1.29 is 27.4 Å². The molecule has 0 aliphatic carbocycles. The predicted octanol–water partition coefficient (Wildman–Crippen LogP) is 1.86. The Bertz CT molecular complexity index is 508. The fourth-order valence-corrected chi connectivity index (χ4v) is 3.23. The number of carbonyl (C=O) groups excluding carboxylic acids is 1. The number of nitrogens with one attached hydrogen (secondary N) is 1. The molecule has 7 nitrogen and oxygen atoms in total. The first kappa shape index (κ1) is 25.2. The number of carbonyl (C=O) groups is 1. The summed E-state index contributed by atoms with van der Waals surface area (Å²) < 4.78 is 48.5. The highest BCUT2D eigenvalue weighted by atomic mass is 127. The lowest BCUT2D eigenvalue weighted by Gasteiger charge is -2.34. The molecule has 2 rings (SSSR count). The highest BCUT2D eigenvalue weighted by molar-refractivity contribution is 14.0. The summed E-state index contributed by atoms with van der Waals surface area (Å²) >= 11 is 0. The SMILES string of the molecule is CN=C(NCC(=O)N(C)CC(F)(F)F)N1CCC(OCC2CCCO2)CC1.I. The van der Waals surface area contributed by atoms with Crippen molar-refractivity contribution in [2.75, 3.05) is 53.5 Å². The lowest BCUT2D eigenvalue weighted by atomic mass is 10.1. The Morgan fingerprint density at radius 3 is 2.54 bits per heavy atom. The van der Waals surface area contributed by atoms with Crippen LogP contribution in [0.25, 0.3) is 0 Å². The Kier molecular flexibility index (Phi) is 10.8. The molecular formula is C17H30F3IN4O3. The van der Waals surface area contributed by atoms with Gasteiger partial charge < -0.3 is 24.6 Å². The van der Waals surface area contributed by atoms with E-state index < -0.39 is 18.6 Å². The zero-order valence-corrected chi connectivity index (χ0v) is 18.7. The smallest absolute Gasteiger partial charge is 0.376 e. The summed E-state index contributed by atoms with van der Waals surface area (Å²) in [6.07, 6.45) is -0.236. The van der Waals surface area contributed by atoms with Crippen LogP contribution >= 0.6 is 24.0 Å². The third-order valence-corrected chi connectivity index (χ3v) is 4.74. The predicted molar refractivity (Wildman–Crippen MR) is 110 cm³/mol. The summed E-state index contributed by atoms with van der Waals surface area (Å²) in [7, 11) is 2.73. The van der Waals surface area contributed by atoms with Crippen LogP contribution in [0, 0.1) is 0 Å². The Morgan fingerprint density at radius 1 is 1.32 bits per heavy atom. The fourth-order valence-electron chi connectivity index (χ4n) is 3.23. The fraction of sp³-hybridized carbons (Fsp3) is 0.882. The maximum absolute atomic E-state index is 12.4. The summed E-state index contributed by atoms with van der Waals surface area (Å²) in [5, 5.41) is 2.85. The number of likely N-dealkylation sites (N-methyl/N-ethyl adjacent to an activating group) is 1. The molecule has 0 saturated carbocycles. The second-order valence-corrected chi connectivity index (χ2v) is 6.92. The number of amides is 1. The third kappa shape index (κ3) is 8.68. The van der Waals surface area contributed by atoms with E-state index in [0.29, 0.717) is 30.6 Å². The summed E-state index contributed by atoms with van der Waals surface area (Å²) in [5.41, 5.74) is 0. The number of aliphatic imine (C=N–C) groups is 1. The van der Waals surface area contributed by atoms with Gasteiger partial charge in [-0.2, -0.15) is 13.2 Å². The topological polar surface area (TPSA) is 66.4 Å². The van der Waals surface area contributed by atoms with Crippen LogP contribution < -0.4 is 5.32 Å². The molecule has 164 valence electrons. The highest BCUT2D eigenvalue weighted by Crippen LogP contribution is 2.18. The molecule has 0 spiro atoms. The summed E-state index contributed by atoms with van der Waals surface area (Å²) in [6.45, 7) is 1.36. The van der Waals surface area contributed by atoms with Gasteiger partial charge in [0.05, 0.1) is 25.4 Å². The highest BCUT2D eigenvalue weighted by Gasteiger charge is 2.31. The molecule has 1 atom stereocenters. The van der Waals surface area contributed by atoms with E-state index >= 15 is 0 Å². The van der Waals surface area contributed by atoms with Gasteiger partial charge in [-0.25, -0.2) is 0 Å². The number of alkyl halides is 3. The number of ether oxygens (including phenoxy) is 2. The molecule has 1 amide bonds. The Balaban J connectivity index is 0.00000392. The molecule has 2 aliphatic heterocycles. The van der Waals surface area contributed by atoms with Crippen LogP contribution in [0.1, 0.15) is 25.7 Å². The largest absolute Gasteiger partial charge is 0.406 e. The van der Waals surface area contributed by atoms with Gasteiger partial charge in [0.2, 0.25) is 5.91 Å². The molecule has 0 aromatic carbocycles. The van der Waals surface area contributed by atoms with Crippen molar-refractivity contribution in [3.05, 3.63) is 0 Å². The minimum Gasteiger partial charge on any atom is -0.376 e. The van der Waals surface area contributed by atoms with Crippen molar-refractivity contribution in [3.63, 3.8) is 0 Å². The van der Waals surface area contributed by atoms with E-state index in [1.165, 1.54) is 0 Å². The first-order chi connectivity index (χ1) is 12.8. The van der Waals surface area contributed by atoms with Crippen LogP contribution in [0.2, 0.25) is 0 Å². The van der Waals surface area contributed by atoms with Gasteiger partial charge in [-0.1, -0.05) is 0 Å². The number of guanidine groups is 1. The van der Waals surface area contributed by atoms with Gasteiger partial charge in [-0.15, -0.1) is 24.0 Å². The number of hydrogen-bond donors (Lipinski definition) is 1. The lowest BCUT2D eigenvalue weighted by Crippen LogP contribution is -2.50. The van der Waals surface area contributed by atoms with E-state index in [0.717, 1.165) is 39.3 Å².